The number of ether oxygens (including phenoxy) is 3. The van der Waals surface area contributed by atoms with Crippen molar-refractivity contribution in [1.82, 2.24) is 5.32 Å². The molecule has 0 aromatic heterocycles. The Morgan fingerprint density at radius 2 is 1.84 bits per heavy atom. The minimum absolute atomic E-state index is 0.0394. The number of unbranched alkanes of at least 4 members (excludes halogenated alkanes) is 2. The maximum atomic E-state index is 13.8. The number of aromatic hydroxyl groups is 2. The van der Waals surface area contributed by atoms with E-state index in [-0.39, 0.29) is 34.4 Å². The zero-order valence-corrected chi connectivity index (χ0v) is 25.0. The molecule has 6 unspecified atom stereocenters. The number of Topliss-reactive ketones (excluding diaryl/α,β-unsaturated/α-hetero) is 1. The zero-order chi connectivity index (χ0) is 31.9. The molecule has 0 radical (unpaired) electrons. The monoisotopic (exact) mass is 613 g/mol. The van der Waals surface area contributed by atoms with Gasteiger partial charge in [-0.3, -0.25) is 14.4 Å². The van der Waals surface area contributed by atoms with E-state index in [1.165, 1.54) is 25.3 Å². The first-order chi connectivity index (χ1) is 21.0. The lowest BCUT2D eigenvalue weighted by atomic mass is 9.72. The van der Waals surface area contributed by atoms with Crippen molar-refractivity contribution in [2.45, 2.75) is 88.6 Å². The van der Waals surface area contributed by atoms with Crippen LogP contribution >= 0.6 is 0 Å². The lowest BCUT2D eigenvalue weighted by molar-refractivity contribution is -0.249. The molecule has 6 N–H and O–H groups in total. The maximum Gasteiger partial charge on any atom is 0.202 e. The summed E-state index contributed by atoms with van der Waals surface area (Å²) >= 11 is 0. The summed E-state index contributed by atoms with van der Waals surface area (Å²) in [5, 5.41) is 58.3. The van der Waals surface area contributed by atoms with Gasteiger partial charge in [0.25, 0.3) is 0 Å². The van der Waals surface area contributed by atoms with E-state index in [0.29, 0.717) is 6.54 Å². The highest BCUT2D eigenvalue weighted by atomic mass is 16.7. The van der Waals surface area contributed by atoms with Crippen LogP contribution in [0.4, 0.5) is 0 Å². The Bertz CT molecular complexity index is 1470. The third-order valence-electron chi connectivity index (χ3n) is 8.95. The molecule has 12 heteroatoms. The molecule has 238 valence electrons. The molecule has 0 saturated carbocycles. The Hall–Kier alpha value is -3.39. The predicted octanol–water partition coefficient (Wildman–Crippen LogP) is 1.82. The third kappa shape index (κ3) is 5.40. The number of aliphatic hydroxyl groups excluding tert-OH is 2. The Morgan fingerprint density at radius 3 is 2.52 bits per heavy atom. The number of hydrogen-bond donors (Lipinski definition) is 6. The largest absolute Gasteiger partial charge is 0.507 e. The summed E-state index contributed by atoms with van der Waals surface area (Å²) < 4.78 is 17.5. The van der Waals surface area contributed by atoms with E-state index in [1.807, 2.05) is 0 Å². The van der Waals surface area contributed by atoms with Crippen molar-refractivity contribution in [3.63, 3.8) is 0 Å². The van der Waals surface area contributed by atoms with Crippen molar-refractivity contribution >= 4 is 17.3 Å². The van der Waals surface area contributed by atoms with Crippen molar-refractivity contribution in [2.75, 3.05) is 20.3 Å². The fourth-order valence-electron chi connectivity index (χ4n) is 6.58. The fraction of sp³-hybridized carbons (Fsp3) is 0.531. The van der Waals surface area contributed by atoms with Crippen molar-refractivity contribution in [3.8, 4) is 17.2 Å². The van der Waals surface area contributed by atoms with Gasteiger partial charge in [0, 0.05) is 42.0 Å². The van der Waals surface area contributed by atoms with Crippen LogP contribution in [0.15, 0.2) is 18.2 Å². The maximum absolute atomic E-state index is 13.8. The van der Waals surface area contributed by atoms with Gasteiger partial charge in [0.15, 0.2) is 17.9 Å². The number of rotatable bonds is 10. The van der Waals surface area contributed by atoms with Gasteiger partial charge in [-0.2, -0.15) is 0 Å². The van der Waals surface area contributed by atoms with Gasteiger partial charge in [-0.15, -0.1) is 0 Å². The summed E-state index contributed by atoms with van der Waals surface area (Å²) in [6.07, 6.45) is -1.67. The Kier molecular flexibility index (Phi) is 9.13. The van der Waals surface area contributed by atoms with Crippen LogP contribution < -0.4 is 10.1 Å². The molecule has 2 aliphatic carbocycles. The minimum Gasteiger partial charge on any atom is -0.507 e. The zero-order valence-electron chi connectivity index (χ0n) is 25.0. The van der Waals surface area contributed by atoms with Crippen LogP contribution in [0.3, 0.4) is 0 Å². The number of nitrogens with one attached hydrogen (secondary N) is 1. The number of carbonyl (C=O) groups is 3. The molecule has 1 fully saturated rings. The molecule has 5 rings (SSSR count). The highest BCUT2D eigenvalue weighted by molar-refractivity contribution is 6.31. The molecule has 2 aromatic rings. The van der Waals surface area contributed by atoms with Crippen molar-refractivity contribution in [2.24, 2.45) is 0 Å². The molecule has 2 aromatic carbocycles. The molecule has 1 aliphatic heterocycles. The first-order valence-corrected chi connectivity index (χ1v) is 14.9. The molecule has 6 atom stereocenters. The molecular weight excluding hydrogens is 574 g/mol. The van der Waals surface area contributed by atoms with Gasteiger partial charge in [-0.05, 0) is 26.0 Å². The van der Waals surface area contributed by atoms with Crippen LogP contribution in [0.5, 0.6) is 17.2 Å². The molecule has 0 bridgehead atoms. The predicted molar refractivity (Wildman–Crippen MR) is 155 cm³/mol. The fourth-order valence-corrected chi connectivity index (χ4v) is 6.58. The summed E-state index contributed by atoms with van der Waals surface area (Å²) in [4.78, 5) is 40.2. The van der Waals surface area contributed by atoms with E-state index < -0.39 is 95.7 Å². The summed E-state index contributed by atoms with van der Waals surface area (Å²) in [6, 6.07) is 4.01. The molecule has 12 nitrogen and oxygen atoms in total. The Morgan fingerprint density at radius 1 is 1.11 bits per heavy atom. The van der Waals surface area contributed by atoms with Gasteiger partial charge in [0.05, 0.1) is 42.1 Å². The normalized spacial score (nSPS) is 27.8. The number of aliphatic hydroxyl groups is 3. The lowest BCUT2D eigenvalue weighted by Crippen LogP contribution is -2.54. The standard InChI is InChI=1S/C32H39NO11/c1-4-5-6-10-33-18-11-22(43-15(2)27(18)36)44-20-13-32(41,21(35)14-34)12-17-24(20)31(40)26-25(29(17)38)28(37)16-8-7-9-19(42-3)23(16)30(26)39/h7-9,15,18,20,22,27,33-34,36,38,40-41H,4-6,10-14H2,1-3H3. The Balaban J connectivity index is 1.58. The van der Waals surface area contributed by atoms with Crippen LogP contribution in [0.25, 0.3) is 0 Å². The van der Waals surface area contributed by atoms with Gasteiger partial charge < -0.3 is 45.1 Å². The van der Waals surface area contributed by atoms with Crippen LogP contribution in [-0.4, -0.2) is 93.3 Å². The lowest BCUT2D eigenvalue weighted by Gasteiger charge is -2.43. The van der Waals surface area contributed by atoms with Crippen molar-refractivity contribution < 1.29 is 54.1 Å². The highest BCUT2D eigenvalue weighted by Crippen LogP contribution is 2.52. The summed E-state index contributed by atoms with van der Waals surface area (Å²) in [5.74, 6) is -3.66. The first kappa shape index (κ1) is 32.0. The van der Waals surface area contributed by atoms with E-state index >= 15 is 0 Å². The van der Waals surface area contributed by atoms with Crippen molar-refractivity contribution in [3.05, 3.63) is 51.6 Å². The summed E-state index contributed by atoms with van der Waals surface area (Å²) in [6.45, 7) is 3.42. The van der Waals surface area contributed by atoms with E-state index in [2.05, 4.69) is 12.2 Å². The van der Waals surface area contributed by atoms with Gasteiger partial charge in [-0.1, -0.05) is 31.9 Å². The third-order valence-corrected chi connectivity index (χ3v) is 8.95. The molecule has 0 spiro atoms. The van der Waals surface area contributed by atoms with Crippen molar-refractivity contribution in [1.29, 1.82) is 0 Å². The quantitative estimate of drug-likeness (QED) is 0.144. The first-order valence-electron chi connectivity index (χ1n) is 14.9. The summed E-state index contributed by atoms with van der Waals surface area (Å²) in [5.41, 5.74) is -3.49. The topological polar surface area (TPSA) is 192 Å². The Labute approximate surface area is 254 Å². The number of ketones is 3. The van der Waals surface area contributed by atoms with Gasteiger partial charge in [0.1, 0.15) is 29.5 Å². The van der Waals surface area contributed by atoms with Crippen LogP contribution in [0.2, 0.25) is 0 Å². The summed E-state index contributed by atoms with van der Waals surface area (Å²) in [7, 11) is 1.34. The smallest absolute Gasteiger partial charge is 0.202 e. The van der Waals surface area contributed by atoms with Gasteiger partial charge in [0.2, 0.25) is 5.78 Å². The second kappa shape index (κ2) is 12.5. The molecule has 1 saturated heterocycles. The van der Waals surface area contributed by atoms with Gasteiger partial charge in [-0.25, -0.2) is 0 Å². The molecule has 1 heterocycles. The molecule has 3 aliphatic rings. The van der Waals surface area contributed by atoms with Crippen LogP contribution in [-0.2, 0) is 20.7 Å². The van der Waals surface area contributed by atoms with E-state index in [0.717, 1.165) is 19.3 Å². The molecule has 0 amide bonds. The average molecular weight is 614 g/mol. The van der Waals surface area contributed by atoms with Crippen LogP contribution in [0.1, 0.15) is 95.0 Å². The SMILES string of the molecule is CCCCCNC1CC(OC2CC(O)(C(=O)CO)Cc3c(O)c4c(c(O)c32)C(=O)c2c(OC)cccc2C4=O)OC(C)C1O. The highest BCUT2D eigenvalue weighted by Gasteiger charge is 2.50. The number of phenolic OH excluding ortho intramolecular Hbond substituents is 2. The number of phenols is 2. The van der Waals surface area contributed by atoms with E-state index in [4.69, 9.17) is 14.2 Å². The molecule has 44 heavy (non-hydrogen) atoms. The van der Waals surface area contributed by atoms with E-state index in [1.54, 1.807) is 6.92 Å². The number of hydrogen-bond acceptors (Lipinski definition) is 12. The van der Waals surface area contributed by atoms with Crippen LogP contribution in [0, 0.1) is 0 Å². The average Bonchev–Trinajstić information content (AvgIpc) is 3.00. The second-order valence-electron chi connectivity index (χ2n) is 11.8. The number of fused-ring (bicyclic) bond motifs is 3. The molecular formula is C32H39NO11. The number of carbonyl (C=O) groups excluding carboxylic acids is 3. The van der Waals surface area contributed by atoms with E-state index in [9.17, 15) is 39.9 Å². The number of methoxy groups -OCH3 is 1. The number of benzene rings is 2. The minimum atomic E-state index is -2.23. The van der Waals surface area contributed by atoms with Gasteiger partial charge >= 0.3 is 0 Å². The second-order valence-corrected chi connectivity index (χ2v) is 11.8.